The number of nitrogens with zero attached hydrogens (tertiary/aromatic N) is 4. The number of oxime groups is 1. The fourth-order valence-electron chi connectivity index (χ4n) is 3.81. The van der Waals surface area contributed by atoms with E-state index < -0.39 is 64.3 Å². The number of nitrogens with two attached hydrogens (primary N) is 1. The van der Waals surface area contributed by atoms with Gasteiger partial charge in [-0.3, -0.25) is 29.3 Å². The van der Waals surface area contributed by atoms with E-state index in [1.807, 2.05) is 0 Å². The molecule has 1 aromatic heterocycles. The third kappa shape index (κ3) is 6.51. The van der Waals surface area contributed by atoms with Crippen LogP contribution in [0.3, 0.4) is 0 Å². The SMILES string of the molecule is CC(C)(O/N=C(\C(=O)N[C@H]1CON(C2(C(=O)O)CCC(=O)O2)C1=O)c1csc(N)n1)C(=O)OCc1ccc([N+](=O)[O-])cc1. The van der Waals surface area contributed by atoms with E-state index in [2.05, 4.69) is 15.5 Å². The number of anilines is 1. The molecule has 0 spiro atoms. The van der Waals surface area contributed by atoms with Crippen LogP contribution < -0.4 is 11.1 Å². The Morgan fingerprint density at radius 1 is 1.33 bits per heavy atom. The zero-order valence-electron chi connectivity index (χ0n) is 22.5. The summed E-state index contributed by atoms with van der Waals surface area (Å²) in [6, 6.07) is 3.92. The van der Waals surface area contributed by atoms with Crippen LogP contribution in [0.2, 0.25) is 0 Å². The number of rotatable bonds is 11. The zero-order chi connectivity index (χ0) is 31.5. The van der Waals surface area contributed by atoms with Crippen molar-refractivity contribution in [2.24, 2.45) is 5.16 Å². The molecule has 0 bridgehead atoms. The number of ether oxygens (including phenoxy) is 2. The molecule has 43 heavy (non-hydrogen) atoms. The quantitative estimate of drug-likeness (QED) is 0.132. The molecule has 3 heterocycles. The number of non-ortho nitro benzene ring substituents is 1. The van der Waals surface area contributed by atoms with Crippen molar-refractivity contribution in [1.29, 1.82) is 0 Å². The molecule has 19 heteroatoms. The average molecular weight is 621 g/mol. The van der Waals surface area contributed by atoms with Gasteiger partial charge in [0.1, 0.15) is 24.9 Å². The predicted octanol–water partition coefficient (Wildman–Crippen LogP) is 0.253. The number of amides is 2. The summed E-state index contributed by atoms with van der Waals surface area (Å²) in [4.78, 5) is 87.2. The number of hydrogen-bond donors (Lipinski definition) is 3. The molecule has 2 aliphatic heterocycles. The number of hydroxylamine groups is 2. The first kappa shape index (κ1) is 30.8. The van der Waals surface area contributed by atoms with Gasteiger partial charge in [0.05, 0.1) is 11.3 Å². The molecular weight excluding hydrogens is 596 g/mol. The van der Waals surface area contributed by atoms with Crippen molar-refractivity contribution >= 4 is 57.6 Å². The van der Waals surface area contributed by atoms with Crippen molar-refractivity contribution in [2.75, 3.05) is 12.3 Å². The van der Waals surface area contributed by atoms with Crippen LogP contribution >= 0.6 is 11.3 Å². The van der Waals surface area contributed by atoms with E-state index in [-0.39, 0.29) is 36.0 Å². The van der Waals surface area contributed by atoms with E-state index in [1.54, 1.807) is 0 Å². The molecule has 2 aliphatic rings. The highest BCUT2D eigenvalue weighted by molar-refractivity contribution is 7.13. The van der Waals surface area contributed by atoms with Crippen molar-refractivity contribution in [1.82, 2.24) is 15.4 Å². The number of aromatic nitrogens is 1. The highest BCUT2D eigenvalue weighted by Gasteiger charge is 2.59. The summed E-state index contributed by atoms with van der Waals surface area (Å²) >= 11 is 0.965. The largest absolute Gasteiger partial charge is 0.477 e. The summed E-state index contributed by atoms with van der Waals surface area (Å²) in [7, 11) is 0. The minimum absolute atomic E-state index is 0.0648. The van der Waals surface area contributed by atoms with Gasteiger partial charge in [0.2, 0.25) is 5.60 Å². The minimum atomic E-state index is -2.38. The van der Waals surface area contributed by atoms with Crippen molar-refractivity contribution in [2.45, 2.75) is 50.7 Å². The number of thiazole rings is 1. The van der Waals surface area contributed by atoms with Crippen LogP contribution in [0, 0.1) is 10.1 Å². The monoisotopic (exact) mass is 620 g/mol. The predicted molar refractivity (Wildman–Crippen MR) is 142 cm³/mol. The molecule has 0 saturated carbocycles. The van der Waals surface area contributed by atoms with Gasteiger partial charge < -0.3 is 30.5 Å². The number of nitro groups is 1. The van der Waals surface area contributed by atoms with E-state index in [9.17, 15) is 39.2 Å². The van der Waals surface area contributed by atoms with Crippen LogP contribution in [-0.2, 0) is 49.7 Å². The molecule has 0 radical (unpaired) electrons. The number of cyclic esters (lactones) is 1. The summed E-state index contributed by atoms with van der Waals surface area (Å²) in [5.41, 5.74) is 1.33. The fraction of sp³-hybridized carbons (Fsp3) is 0.375. The number of carboxylic acids is 1. The van der Waals surface area contributed by atoms with E-state index in [1.165, 1.54) is 43.5 Å². The van der Waals surface area contributed by atoms with Gasteiger partial charge >= 0.3 is 23.6 Å². The number of nitro benzene ring substituents is 1. The van der Waals surface area contributed by atoms with Gasteiger partial charge in [-0.1, -0.05) is 5.16 Å². The summed E-state index contributed by atoms with van der Waals surface area (Å²) in [6.07, 6.45) is -0.621. The number of benzene rings is 1. The number of nitrogen functional groups attached to an aromatic ring is 1. The lowest BCUT2D eigenvalue weighted by atomic mass is 10.1. The van der Waals surface area contributed by atoms with Gasteiger partial charge in [0, 0.05) is 23.9 Å². The molecule has 1 unspecified atom stereocenters. The average Bonchev–Trinajstić information content (AvgIpc) is 3.66. The molecular formula is C24H24N6O12S. The Morgan fingerprint density at radius 2 is 2.02 bits per heavy atom. The first-order chi connectivity index (χ1) is 20.2. The Bertz CT molecular complexity index is 1510. The Morgan fingerprint density at radius 3 is 2.58 bits per heavy atom. The maximum atomic E-state index is 13.2. The molecule has 2 saturated heterocycles. The number of carbonyl (C=O) groups is 5. The minimum Gasteiger partial charge on any atom is -0.477 e. The van der Waals surface area contributed by atoms with Gasteiger partial charge in [-0.05, 0) is 31.5 Å². The number of aliphatic carboxylic acids is 1. The topological polar surface area (TPSA) is 252 Å². The third-order valence-electron chi connectivity index (χ3n) is 6.14. The standard InChI is InChI=1S/C24H24N6O12S/c1-23(2,21(36)39-9-12-3-5-13(6-4-12)30(37)38)42-28-17(15-11-43-22(25)27-15)18(32)26-14-10-40-29(19(14)33)24(20(34)35)8-7-16(31)41-24/h3-6,11,14H,7-10H2,1-2H3,(H2,25,27)(H,26,32)(H,34,35)/b28-17-/t14-,24?/m0/s1. The van der Waals surface area contributed by atoms with E-state index in [0.29, 0.717) is 10.6 Å². The van der Waals surface area contributed by atoms with Crippen LogP contribution in [0.25, 0.3) is 0 Å². The second kappa shape index (κ2) is 12.0. The van der Waals surface area contributed by atoms with Crippen molar-refractivity contribution in [3.05, 3.63) is 51.0 Å². The Balaban J connectivity index is 1.46. The summed E-state index contributed by atoms with van der Waals surface area (Å²) in [5.74, 6) is -5.38. The normalized spacial score (nSPS) is 20.5. The summed E-state index contributed by atoms with van der Waals surface area (Å²) in [5, 5.41) is 28.4. The Labute approximate surface area is 245 Å². The summed E-state index contributed by atoms with van der Waals surface area (Å²) in [6.45, 7) is 1.88. The maximum absolute atomic E-state index is 13.2. The lowest BCUT2D eigenvalue weighted by Crippen LogP contribution is -2.57. The van der Waals surface area contributed by atoms with E-state index in [4.69, 9.17) is 24.9 Å². The summed E-state index contributed by atoms with van der Waals surface area (Å²) < 4.78 is 10.1. The third-order valence-corrected chi connectivity index (χ3v) is 6.81. The zero-order valence-corrected chi connectivity index (χ0v) is 23.3. The van der Waals surface area contributed by atoms with Crippen molar-refractivity contribution < 1.29 is 53.2 Å². The molecule has 4 N–H and O–H groups in total. The van der Waals surface area contributed by atoms with Crippen LogP contribution in [0.4, 0.5) is 10.8 Å². The Hall–Kier alpha value is -5.17. The second-order valence-electron chi connectivity index (χ2n) is 9.63. The first-order valence-corrected chi connectivity index (χ1v) is 13.2. The number of carbonyl (C=O) groups excluding carboxylic acids is 4. The molecule has 1 aromatic carbocycles. The molecule has 2 amide bonds. The van der Waals surface area contributed by atoms with Crippen LogP contribution in [0.15, 0.2) is 34.8 Å². The van der Waals surface area contributed by atoms with Crippen molar-refractivity contribution in [3.8, 4) is 0 Å². The highest BCUT2D eigenvalue weighted by atomic mass is 32.1. The maximum Gasteiger partial charge on any atom is 0.372 e. The van der Waals surface area contributed by atoms with Crippen molar-refractivity contribution in [3.63, 3.8) is 0 Å². The molecule has 2 fully saturated rings. The molecule has 4 rings (SSSR count). The molecule has 0 aliphatic carbocycles. The highest BCUT2D eigenvalue weighted by Crippen LogP contribution is 2.34. The number of esters is 2. The number of carboxylic acid groups (broad SMARTS) is 1. The smallest absolute Gasteiger partial charge is 0.372 e. The second-order valence-corrected chi connectivity index (χ2v) is 10.5. The van der Waals surface area contributed by atoms with Gasteiger partial charge in [-0.2, -0.15) is 5.06 Å². The van der Waals surface area contributed by atoms with E-state index >= 15 is 0 Å². The van der Waals surface area contributed by atoms with Crippen LogP contribution in [-0.4, -0.2) is 79.5 Å². The van der Waals surface area contributed by atoms with Crippen LogP contribution in [0.1, 0.15) is 37.9 Å². The van der Waals surface area contributed by atoms with Gasteiger partial charge in [-0.25, -0.2) is 14.6 Å². The van der Waals surface area contributed by atoms with Gasteiger partial charge in [0.15, 0.2) is 10.8 Å². The van der Waals surface area contributed by atoms with Gasteiger partial charge in [-0.15, -0.1) is 11.3 Å². The number of nitrogens with one attached hydrogen (secondary N) is 1. The van der Waals surface area contributed by atoms with Gasteiger partial charge in [0.25, 0.3) is 17.5 Å². The Kier molecular flexibility index (Phi) is 8.57. The van der Waals surface area contributed by atoms with Crippen LogP contribution in [0.5, 0.6) is 0 Å². The number of hydrogen-bond acceptors (Lipinski definition) is 15. The molecule has 2 atom stereocenters. The molecule has 18 nitrogen and oxygen atoms in total. The first-order valence-electron chi connectivity index (χ1n) is 12.3. The van der Waals surface area contributed by atoms with E-state index in [0.717, 1.165) is 11.3 Å². The molecule has 2 aromatic rings. The lowest BCUT2D eigenvalue weighted by molar-refractivity contribution is -0.384. The fourth-order valence-corrected chi connectivity index (χ4v) is 4.36. The lowest BCUT2D eigenvalue weighted by Gasteiger charge is -2.30. The molecule has 228 valence electrons.